The Labute approximate surface area is 113 Å². The van der Waals surface area contributed by atoms with Gasteiger partial charge < -0.3 is 15.6 Å². The molecule has 1 aromatic rings. The molecule has 1 aliphatic heterocycles. The maximum Gasteiger partial charge on any atom is 0.351 e. The molecule has 8 heteroatoms. The fraction of sp³-hybridized carbons (Fsp3) is 0.600. The predicted octanol–water partition coefficient (Wildman–Crippen LogP) is 0.107. The lowest BCUT2D eigenvalue weighted by Crippen LogP contribution is -2.41. The zero-order chi connectivity index (χ0) is 13.4. The predicted molar refractivity (Wildman–Crippen MR) is 67.8 cm³/mol. The smallest absolute Gasteiger partial charge is 0.351 e. The largest absolute Gasteiger partial charge is 0.393 e. The first-order valence-electron chi connectivity index (χ1n) is 5.30. The summed E-state index contributed by atoms with van der Waals surface area (Å²) in [6, 6.07) is 1.48. The van der Waals surface area contributed by atoms with E-state index in [0.717, 1.165) is 0 Å². The average molecular weight is 294 g/mol. The first-order valence-corrected chi connectivity index (χ1v) is 6.21. The molecule has 0 amide bonds. The van der Waals surface area contributed by atoms with Crippen LogP contribution in [-0.4, -0.2) is 39.4 Å². The van der Waals surface area contributed by atoms with E-state index >= 15 is 0 Å². The minimum absolute atomic E-state index is 0.0628. The van der Waals surface area contributed by atoms with E-state index in [1.807, 2.05) is 0 Å². The number of aromatic nitrogens is 2. The Kier molecular flexibility index (Phi) is 3.55. The molecule has 0 unspecified atom stereocenters. The fourth-order valence-electron chi connectivity index (χ4n) is 1.96. The van der Waals surface area contributed by atoms with Gasteiger partial charge in [0, 0.05) is 12.6 Å². The van der Waals surface area contributed by atoms with Gasteiger partial charge in [0.25, 0.3) is 0 Å². The second kappa shape index (κ2) is 4.70. The Balaban J connectivity index is 2.37. The Morgan fingerprint density at radius 3 is 2.89 bits per heavy atom. The van der Waals surface area contributed by atoms with Crippen LogP contribution >= 0.6 is 23.2 Å². The van der Waals surface area contributed by atoms with Crippen molar-refractivity contribution in [2.45, 2.75) is 17.0 Å². The summed E-state index contributed by atoms with van der Waals surface area (Å²) in [4.78, 5) is 14.3. The summed E-state index contributed by atoms with van der Waals surface area (Å²) in [5.74, 6) is 0.218. The second-order valence-corrected chi connectivity index (χ2v) is 5.33. The number of anilines is 1. The number of aliphatic hydroxyl groups excluding tert-OH is 1. The van der Waals surface area contributed by atoms with E-state index in [9.17, 15) is 9.90 Å². The maximum absolute atomic E-state index is 11.8. The SMILES string of the molecule is Nc1ccn([C@]2(Cl)CO[C@@](CO)(CCl)C2)c(=O)n1. The highest BCUT2D eigenvalue weighted by molar-refractivity contribution is 6.22. The minimum Gasteiger partial charge on any atom is -0.393 e. The molecule has 0 aliphatic carbocycles. The van der Waals surface area contributed by atoms with Crippen molar-refractivity contribution in [2.75, 3.05) is 24.8 Å². The standard InChI is InChI=1S/C10H13Cl2N3O3/c11-4-9(5-16)3-10(12,6-18-9)15-2-1-7(13)14-8(15)17/h1-2,16H,3-6H2,(H2,13,14,17)/t9-,10+/m1/s1. The summed E-state index contributed by atoms with van der Waals surface area (Å²) in [6.07, 6.45) is 1.68. The van der Waals surface area contributed by atoms with Gasteiger partial charge in [-0.25, -0.2) is 4.79 Å². The number of alkyl halides is 2. The number of halogens is 2. The molecule has 0 radical (unpaired) electrons. The van der Waals surface area contributed by atoms with Crippen LogP contribution in [0.25, 0.3) is 0 Å². The fourth-order valence-corrected chi connectivity index (χ4v) is 2.65. The molecule has 1 aliphatic rings. The third-order valence-corrected chi connectivity index (χ3v) is 3.89. The van der Waals surface area contributed by atoms with Crippen LogP contribution in [0.15, 0.2) is 17.1 Å². The molecule has 0 saturated carbocycles. The van der Waals surface area contributed by atoms with Crippen molar-refractivity contribution in [2.24, 2.45) is 0 Å². The van der Waals surface area contributed by atoms with Gasteiger partial charge >= 0.3 is 5.69 Å². The van der Waals surface area contributed by atoms with Crippen LogP contribution in [0.3, 0.4) is 0 Å². The van der Waals surface area contributed by atoms with E-state index < -0.39 is 16.3 Å². The van der Waals surface area contributed by atoms with E-state index in [1.54, 1.807) is 0 Å². The number of nitrogens with two attached hydrogens (primary N) is 1. The Hall–Kier alpha value is -0.820. The molecule has 2 rings (SSSR count). The van der Waals surface area contributed by atoms with Gasteiger partial charge in [-0.3, -0.25) is 4.57 Å². The van der Waals surface area contributed by atoms with Crippen LogP contribution in [0.5, 0.6) is 0 Å². The quantitative estimate of drug-likeness (QED) is 0.772. The zero-order valence-corrected chi connectivity index (χ0v) is 11.0. The highest BCUT2D eigenvalue weighted by atomic mass is 35.5. The number of aliphatic hydroxyl groups is 1. The van der Waals surface area contributed by atoms with Crippen molar-refractivity contribution >= 4 is 29.0 Å². The molecule has 2 heterocycles. The molecule has 0 bridgehead atoms. The Bertz CT molecular complexity index is 503. The van der Waals surface area contributed by atoms with Gasteiger partial charge in [0.15, 0.2) is 0 Å². The van der Waals surface area contributed by atoms with Gasteiger partial charge in [-0.05, 0) is 6.07 Å². The van der Waals surface area contributed by atoms with Crippen LogP contribution in [0, 0.1) is 0 Å². The summed E-state index contributed by atoms with van der Waals surface area (Å²) in [6.45, 7) is -0.199. The van der Waals surface area contributed by atoms with E-state index in [0.29, 0.717) is 0 Å². The molecule has 2 atom stereocenters. The van der Waals surface area contributed by atoms with Gasteiger partial charge in [-0.15, -0.1) is 11.6 Å². The maximum atomic E-state index is 11.8. The van der Waals surface area contributed by atoms with Gasteiger partial charge in [0.1, 0.15) is 16.4 Å². The first-order chi connectivity index (χ1) is 8.45. The second-order valence-electron chi connectivity index (χ2n) is 4.36. The lowest BCUT2D eigenvalue weighted by atomic mass is 10.0. The highest BCUT2D eigenvalue weighted by Gasteiger charge is 2.49. The summed E-state index contributed by atoms with van der Waals surface area (Å²) in [7, 11) is 0. The third kappa shape index (κ3) is 2.21. The summed E-state index contributed by atoms with van der Waals surface area (Å²) in [5.41, 5.74) is 3.93. The lowest BCUT2D eigenvalue weighted by molar-refractivity contribution is -0.0216. The van der Waals surface area contributed by atoms with Crippen molar-refractivity contribution in [3.8, 4) is 0 Å². The molecular formula is C10H13Cl2N3O3. The molecule has 100 valence electrons. The van der Waals surface area contributed by atoms with Gasteiger partial charge in [0.2, 0.25) is 0 Å². The topological polar surface area (TPSA) is 90.4 Å². The number of ether oxygens (including phenoxy) is 1. The van der Waals surface area contributed by atoms with Crippen LogP contribution in [-0.2, 0) is 9.73 Å². The van der Waals surface area contributed by atoms with E-state index in [2.05, 4.69) is 4.98 Å². The third-order valence-electron chi connectivity index (χ3n) is 2.98. The molecule has 0 spiro atoms. The molecule has 0 aromatic carbocycles. The van der Waals surface area contributed by atoms with Gasteiger partial charge in [0.05, 0.1) is 19.1 Å². The minimum atomic E-state index is -1.10. The molecule has 1 saturated heterocycles. The van der Waals surface area contributed by atoms with E-state index in [1.165, 1.54) is 16.8 Å². The number of nitrogens with zero attached hydrogens (tertiary/aromatic N) is 2. The normalized spacial score (nSPS) is 31.7. The number of nitrogen functional groups attached to an aromatic ring is 1. The molecule has 3 N–H and O–H groups in total. The summed E-state index contributed by atoms with van der Waals surface area (Å²) >= 11 is 12.2. The van der Waals surface area contributed by atoms with Crippen LogP contribution in [0.2, 0.25) is 0 Å². The van der Waals surface area contributed by atoms with Crippen LogP contribution < -0.4 is 11.4 Å². The molecular weight excluding hydrogens is 281 g/mol. The van der Waals surface area contributed by atoms with Crippen molar-refractivity contribution in [3.63, 3.8) is 0 Å². The number of hydrogen-bond acceptors (Lipinski definition) is 5. The zero-order valence-electron chi connectivity index (χ0n) is 9.47. The lowest BCUT2D eigenvalue weighted by Gasteiger charge is -2.25. The van der Waals surface area contributed by atoms with Crippen LogP contribution in [0.1, 0.15) is 6.42 Å². The average Bonchev–Trinajstić information content (AvgIpc) is 2.68. The van der Waals surface area contributed by atoms with Crippen LogP contribution in [0.4, 0.5) is 5.82 Å². The van der Waals surface area contributed by atoms with Crippen molar-refractivity contribution in [1.82, 2.24) is 9.55 Å². The van der Waals surface area contributed by atoms with Crippen molar-refractivity contribution in [1.29, 1.82) is 0 Å². The van der Waals surface area contributed by atoms with Crippen molar-refractivity contribution < 1.29 is 9.84 Å². The Morgan fingerprint density at radius 2 is 2.39 bits per heavy atom. The van der Waals surface area contributed by atoms with Gasteiger partial charge in [-0.2, -0.15) is 4.98 Å². The molecule has 18 heavy (non-hydrogen) atoms. The number of hydrogen-bond donors (Lipinski definition) is 2. The van der Waals surface area contributed by atoms with E-state index in [4.69, 9.17) is 33.7 Å². The van der Waals surface area contributed by atoms with Crippen molar-refractivity contribution in [3.05, 3.63) is 22.7 Å². The Morgan fingerprint density at radius 1 is 1.67 bits per heavy atom. The van der Waals surface area contributed by atoms with E-state index in [-0.39, 0.29) is 31.3 Å². The molecule has 1 fully saturated rings. The molecule has 6 nitrogen and oxygen atoms in total. The molecule has 1 aromatic heterocycles. The number of rotatable bonds is 3. The highest BCUT2D eigenvalue weighted by Crippen LogP contribution is 2.41. The summed E-state index contributed by atoms with van der Waals surface area (Å²) in [5, 5.41) is 9.32. The first kappa shape index (κ1) is 13.6. The van der Waals surface area contributed by atoms with Gasteiger partial charge in [-0.1, -0.05) is 11.6 Å². The summed E-state index contributed by atoms with van der Waals surface area (Å²) < 4.78 is 6.71. The monoisotopic (exact) mass is 293 g/mol.